The molecule has 0 amide bonds. The maximum Gasteiger partial charge on any atom is 0.0771 e. The summed E-state index contributed by atoms with van der Waals surface area (Å²) in [5.41, 5.74) is 8.84. The number of aliphatic hydroxyl groups is 2. The van der Waals surface area contributed by atoms with E-state index in [1.165, 1.54) is 22.3 Å². The minimum absolute atomic E-state index is 0.0864. The molecule has 1 unspecified atom stereocenters. The fourth-order valence-corrected chi connectivity index (χ4v) is 4.52. The predicted molar refractivity (Wildman–Crippen MR) is 111 cm³/mol. The van der Waals surface area contributed by atoms with Crippen LogP contribution in [0.3, 0.4) is 0 Å². The lowest BCUT2D eigenvalue weighted by Crippen LogP contribution is -2.27. The van der Waals surface area contributed by atoms with E-state index in [4.69, 9.17) is 0 Å². The average molecular weight is 361 g/mol. The number of hydrogen-bond acceptors (Lipinski definition) is 3. The second kappa shape index (κ2) is 7.43. The first-order chi connectivity index (χ1) is 13.1. The molecule has 3 nitrogen and oxygen atoms in total. The van der Waals surface area contributed by atoms with Crippen molar-refractivity contribution in [2.24, 2.45) is 0 Å². The van der Waals surface area contributed by atoms with E-state index in [2.05, 4.69) is 48.3 Å². The molecule has 3 heteroatoms. The zero-order valence-corrected chi connectivity index (χ0v) is 16.1. The summed E-state index contributed by atoms with van der Waals surface area (Å²) in [5, 5.41) is 20.9. The molecule has 2 aromatic carbocycles. The minimum atomic E-state index is -0.650. The number of benzene rings is 2. The number of rotatable bonds is 2. The number of fused-ring (bicyclic) bond motifs is 2. The van der Waals surface area contributed by atoms with Crippen molar-refractivity contribution >= 4 is 16.7 Å². The first-order valence-corrected chi connectivity index (χ1v) is 9.74. The Hall–Kier alpha value is -2.20. The molecule has 2 aliphatic rings. The van der Waals surface area contributed by atoms with Gasteiger partial charge < -0.3 is 15.1 Å². The molecule has 0 spiro atoms. The van der Waals surface area contributed by atoms with Crippen LogP contribution in [0.4, 0.5) is 0 Å². The monoisotopic (exact) mass is 361 g/mol. The summed E-state index contributed by atoms with van der Waals surface area (Å²) in [6.07, 6.45) is 1.45. The number of hydrogen-bond donors (Lipinski definition) is 2. The van der Waals surface area contributed by atoms with Gasteiger partial charge in [-0.1, -0.05) is 54.1 Å². The van der Waals surface area contributed by atoms with E-state index in [0.717, 1.165) is 48.2 Å². The van der Waals surface area contributed by atoms with Crippen LogP contribution in [-0.4, -0.2) is 48.0 Å². The highest BCUT2D eigenvalue weighted by atomic mass is 16.3. The van der Waals surface area contributed by atoms with Gasteiger partial charge in [0.2, 0.25) is 0 Å². The number of nitrogens with zero attached hydrogens (tertiary/aromatic N) is 1. The SMILES string of the molecule is CC(O)C1=C(CO)c2ccccc2C(=C2CCN(C)CC2)c2ccccc21. The highest BCUT2D eigenvalue weighted by molar-refractivity contribution is 6.04. The van der Waals surface area contributed by atoms with Crippen molar-refractivity contribution in [1.82, 2.24) is 4.90 Å². The van der Waals surface area contributed by atoms with Gasteiger partial charge in [-0.2, -0.15) is 0 Å². The molecule has 0 bridgehead atoms. The van der Waals surface area contributed by atoms with Crippen molar-refractivity contribution in [3.8, 4) is 0 Å². The van der Waals surface area contributed by atoms with Crippen molar-refractivity contribution < 1.29 is 10.2 Å². The van der Waals surface area contributed by atoms with Crippen molar-refractivity contribution in [3.05, 3.63) is 76.4 Å². The van der Waals surface area contributed by atoms with Crippen LogP contribution < -0.4 is 0 Å². The van der Waals surface area contributed by atoms with E-state index in [1.54, 1.807) is 6.92 Å². The maximum atomic E-state index is 10.6. The highest BCUT2D eigenvalue weighted by Gasteiger charge is 2.28. The lowest BCUT2D eigenvalue weighted by atomic mass is 9.85. The Kier molecular flexibility index (Phi) is 5.00. The minimum Gasteiger partial charge on any atom is -0.392 e. The normalized spacial score (nSPS) is 18.8. The summed E-state index contributed by atoms with van der Waals surface area (Å²) in [5.74, 6) is 0. The van der Waals surface area contributed by atoms with E-state index < -0.39 is 6.10 Å². The third kappa shape index (κ3) is 3.16. The standard InChI is InChI=1S/C24H27NO2/c1-16(27)23-20-9-5-6-10-21(20)24(17-11-13-25(2)14-12-17)19-8-4-3-7-18(19)22(23)15-26/h3-10,16,26-27H,11-15H2,1-2H3. The fourth-order valence-electron chi connectivity index (χ4n) is 4.52. The molecule has 140 valence electrons. The average Bonchev–Trinajstić information content (AvgIpc) is 2.81. The van der Waals surface area contributed by atoms with E-state index in [9.17, 15) is 10.2 Å². The van der Waals surface area contributed by atoms with E-state index >= 15 is 0 Å². The molecule has 27 heavy (non-hydrogen) atoms. The van der Waals surface area contributed by atoms with Crippen LogP contribution >= 0.6 is 0 Å². The Morgan fingerprint density at radius 1 is 0.889 bits per heavy atom. The van der Waals surface area contributed by atoms with E-state index in [1.807, 2.05) is 12.1 Å². The lowest BCUT2D eigenvalue weighted by Gasteiger charge is -2.27. The van der Waals surface area contributed by atoms with Gasteiger partial charge in [-0.3, -0.25) is 0 Å². The summed E-state index contributed by atoms with van der Waals surface area (Å²) in [7, 11) is 2.17. The van der Waals surface area contributed by atoms with Crippen molar-refractivity contribution in [1.29, 1.82) is 0 Å². The topological polar surface area (TPSA) is 43.7 Å². The summed E-state index contributed by atoms with van der Waals surface area (Å²) in [6, 6.07) is 16.6. The van der Waals surface area contributed by atoms with Crippen LogP contribution in [0, 0.1) is 0 Å². The smallest absolute Gasteiger partial charge is 0.0771 e. The van der Waals surface area contributed by atoms with Crippen LogP contribution in [0.25, 0.3) is 16.7 Å². The zero-order valence-electron chi connectivity index (χ0n) is 16.1. The summed E-state index contributed by atoms with van der Waals surface area (Å²) < 4.78 is 0. The van der Waals surface area contributed by atoms with Crippen LogP contribution in [0.5, 0.6) is 0 Å². The van der Waals surface area contributed by atoms with Gasteiger partial charge in [-0.15, -0.1) is 0 Å². The Balaban J connectivity index is 2.08. The summed E-state index contributed by atoms with van der Waals surface area (Å²) in [6.45, 7) is 3.83. The molecule has 1 atom stereocenters. The van der Waals surface area contributed by atoms with Crippen LogP contribution in [0.1, 0.15) is 42.0 Å². The molecule has 1 saturated heterocycles. The van der Waals surface area contributed by atoms with Crippen LogP contribution in [-0.2, 0) is 0 Å². The molecule has 2 N–H and O–H groups in total. The van der Waals surface area contributed by atoms with Gasteiger partial charge in [0.25, 0.3) is 0 Å². The third-order valence-electron chi connectivity index (χ3n) is 5.85. The zero-order chi connectivity index (χ0) is 19.0. The Morgan fingerprint density at radius 3 is 1.96 bits per heavy atom. The van der Waals surface area contributed by atoms with E-state index in [-0.39, 0.29) is 6.61 Å². The van der Waals surface area contributed by atoms with Crippen LogP contribution in [0.15, 0.2) is 54.1 Å². The second-order valence-corrected chi connectivity index (χ2v) is 7.60. The van der Waals surface area contributed by atoms with Gasteiger partial charge in [-0.05, 0) is 65.8 Å². The van der Waals surface area contributed by atoms with Crippen molar-refractivity contribution in [2.45, 2.75) is 25.9 Å². The molecular formula is C24H27NO2. The molecule has 0 radical (unpaired) electrons. The van der Waals surface area contributed by atoms with Gasteiger partial charge in [-0.25, -0.2) is 0 Å². The molecule has 2 aromatic rings. The fraction of sp³-hybridized carbons (Fsp3) is 0.333. The number of piperidine rings is 1. The molecule has 1 aliphatic carbocycles. The molecule has 1 heterocycles. The lowest BCUT2D eigenvalue weighted by molar-refractivity contribution is 0.252. The molecule has 0 saturated carbocycles. The highest BCUT2D eigenvalue weighted by Crippen LogP contribution is 2.44. The maximum absolute atomic E-state index is 10.6. The van der Waals surface area contributed by atoms with Gasteiger partial charge in [0.15, 0.2) is 0 Å². The quantitative estimate of drug-likeness (QED) is 0.855. The van der Waals surface area contributed by atoms with Gasteiger partial charge in [0.05, 0.1) is 12.7 Å². The van der Waals surface area contributed by atoms with E-state index in [0.29, 0.717) is 0 Å². The van der Waals surface area contributed by atoms with Gasteiger partial charge in [0, 0.05) is 13.1 Å². The van der Waals surface area contributed by atoms with Crippen molar-refractivity contribution in [2.75, 3.05) is 26.7 Å². The summed E-state index contributed by atoms with van der Waals surface area (Å²) >= 11 is 0. The number of aliphatic hydroxyl groups excluding tert-OH is 2. The van der Waals surface area contributed by atoms with Gasteiger partial charge >= 0.3 is 0 Å². The molecule has 0 aromatic heterocycles. The Labute approximate surface area is 161 Å². The van der Waals surface area contributed by atoms with Crippen LogP contribution in [0.2, 0.25) is 0 Å². The second-order valence-electron chi connectivity index (χ2n) is 7.60. The Morgan fingerprint density at radius 2 is 1.41 bits per heavy atom. The molecule has 1 fully saturated rings. The summed E-state index contributed by atoms with van der Waals surface area (Å²) in [4.78, 5) is 2.37. The van der Waals surface area contributed by atoms with Gasteiger partial charge in [0.1, 0.15) is 0 Å². The largest absolute Gasteiger partial charge is 0.392 e. The molecule has 1 aliphatic heterocycles. The van der Waals surface area contributed by atoms with Crippen molar-refractivity contribution in [3.63, 3.8) is 0 Å². The first kappa shape index (κ1) is 18.2. The molecular weight excluding hydrogens is 334 g/mol. The Bertz CT molecular complexity index is 913. The first-order valence-electron chi connectivity index (χ1n) is 9.74. The number of likely N-dealkylation sites (tertiary alicyclic amines) is 1. The molecule has 4 rings (SSSR count). The predicted octanol–water partition coefficient (Wildman–Crippen LogP) is 3.81. The third-order valence-corrected chi connectivity index (χ3v) is 5.85.